The SMILES string of the molecule is COc1cc(-c2c(-c3ccccc3)ncn2C[C@H]2CCCO2)cc(Cl)c1O. The van der Waals surface area contributed by atoms with Crippen LogP contribution in [0.3, 0.4) is 0 Å². The number of methoxy groups -OCH3 is 1. The van der Waals surface area contributed by atoms with Gasteiger partial charge in [-0.25, -0.2) is 4.98 Å². The van der Waals surface area contributed by atoms with E-state index in [0.717, 1.165) is 48.5 Å². The largest absolute Gasteiger partial charge is 0.503 e. The first-order valence-electron chi connectivity index (χ1n) is 8.96. The maximum Gasteiger partial charge on any atom is 0.176 e. The van der Waals surface area contributed by atoms with Crippen LogP contribution in [0.25, 0.3) is 22.5 Å². The molecule has 0 spiro atoms. The summed E-state index contributed by atoms with van der Waals surface area (Å²) in [6.07, 6.45) is 4.14. The molecule has 1 saturated heterocycles. The van der Waals surface area contributed by atoms with Crippen molar-refractivity contribution in [1.82, 2.24) is 9.55 Å². The van der Waals surface area contributed by atoms with Gasteiger partial charge in [0.25, 0.3) is 0 Å². The Kier molecular flexibility index (Phi) is 5.05. The molecule has 1 aliphatic rings. The predicted molar refractivity (Wildman–Crippen MR) is 105 cm³/mol. The van der Waals surface area contributed by atoms with E-state index in [0.29, 0.717) is 5.75 Å². The molecule has 4 rings (SSSR count). The number of ether oxygens (including phenoxy) is 2. The van der Waals surface area contributed by atoms with Gasteiger partial charge < -0.3 is 19.1 Å². The standard InChI is InChI=1S/C21H21ClN2O3/c1-26-18-11-15(10-17(22)21(18)25)20-19(14-6-3-2-4-7-14)23-13-24(20)12-16-8-5-9-27-16/h2-4,6-7,10-11,13,16,25H,5,8-9,12H2,1H3/t16-/m1/s1. The fourth-order valence-corrected chi connectivity index (χ4v) is 3.72. The number of aromatic hydroxyl groups is 1. The van der Waals surface area contributed by atoms with Crippen LogP contribution in [0.2, 0.25) is 5.02 Å². The van der Waals surface area contributed by atoms with Gasteiger partial charge in [0.1, 0.15) is 0 Å². The highest BCUT2D eigenvalue weighted by Gasteiger charge is 2.22. The van der Waals surface area contributed by atoms with Crippen molar-refractivity contribution in [3.8, 4) is 34.0 Å². The van der Waals surface area contributed by atoms with E-state index < -0.39 is 0 Å². The maximum absolute atomic E-state index is 10.1. The Morgan fingerprint density at radius 1 is 1.26 bits per heavy atom. The van der Waals surface area contributed by atoms with Gasteiger partial charge in [-0.1, -0.05) is 41.9 Å². The molecular weight excluding hydrogens is 364 g/mol. The summed E-state index contributed by atoms with van der Waals surface area (Å²) in [7, 11) is 1.51. The van der Waals surface area contributed by atoms with E-state index >= 15 is 0 Å². The molecule has 0 bridgehead atoms. The van der Waals surface area contributed by atoms with Gasteiger partial charge in [0.2, 0.25) is 0 Å². The first kappa shape index (κ1) is 17.9. The number of benzene rings is 2. The molecule has 3 aromatic rings. The number of halogens is 1. The van der Waals surface area contributed by atoms with Gasteiger partial charge in [0, 0.05) is 17.7 Å². The molecule has 0 amide bonds. The van der Waals surface area contributed by atoms with Gasteiger partial charge >= 0.3 is 0 Å². The quantitative estimate of drug-likeness (QED) is 0.688. The Labute approximate surface area is 163 Å². The van der Waals surface area contributed by atoms with Crippen LogP contribution in [0.5, 0.6) is 11.5 Å². The number of phenols is 1. The molecular formula is C21H21ClN2O3. The third kappa shape index (κ3) is 3.53. The topological polar surface area (TPSA) is 56.5 Å². The molecule has 2 heterocycles. The third-order valence-electron chi connectivity index (χ3n) is 4.83. The fraction of sp³-hybridized carbons (Fsp3) is 0.286. The van der Waals surface area contributed by atoms with Gasteiger partial charge in [-0.15, -0.1) is 0 Å². The lowest BCUT2D eigenvalue weighted by Gasteiger charge is -2.16. The van der Waals surface area contributed by atoms with Crippen LogP contribution in [-0.2, 0) is 11.3 Å². The van der Waals surface area contributed by atoms with Crippen molar-refractivity contribution >= 4 is 11.6 Å². The summed E-state index contributed by atoms with van der Waals surface area (Å²) in [6.45, 7) is 1.52. The Hall–Kier alpha value is -2.50. The number of hydrogen-bond acceptors (Lipinski definition) is 4. The Bertz CT molecular complexity index is 934. The van der Waals surface area contributed by atoms with Gasteiger partial charge in [-0.3, -0.25) is 0 Å². The average molecular weight is 385 g/mol. The monoisotopic (exact) mass is 384 g/mol. The summed E-state index contributed by atoms with van der Waals surface area (Å²) in [5.41, 5.74) is 3.64. The van der Waals surface area contributed by atoms with E-state index in [1.807, 2.05) is 36.7 Å². The van der Waals surface area contributed by atoms with E-state index in [4.69, 9.17) is 21.1 Å². The van der Waals surface area contributed by atoms with Crippen LogP contribution in [0.1, 0.15) is 12.8 Å². The number of phenolic OH excluding ortho intramolecular Hbond substituents is 1. The third-order valence-corrected chi connectivity index (χ3v) is 5.12. The molecule has 27 heavy (non-hydrogen) atoms. The van der Waals surface area contributed by atoms with Crippen molar-refractivity contribution in [2.75, 3.05) is 13.7 Å². The Morgan fingerprint density at radius 2 is 2.07 bits per heavy atom. The average Bonchev–Trinajstić information content (AvgIpc) is 3.35. The van der Waals surface area contributed by atoms with Crippen LogP contribution >= 0.6 is 11.6 Å². The molecule has 0 aliphatic carbocycles. The molecule has 5 nitrogen and oxygen atoms in total. The number of hydrogen-bond donors (Lipinski definition) is 1. The summed E-state index contributed by atoms with van der Waals surface area (Å²) < 4.78 is 13.2. The van der Waals surface area contributed by atoms with E-state index in [2.05, 4.69) is 9.55 Å². The van der Waals surface area contributed by atoms with Crippen LogP contribution in [0.4, 0.5) is 0 Å². The van der Waals surface area contributed by atoms with E-state index in [-0.39, 0.29) is 16.9 Å². The molecule has 0 saturated carbocycles. The van der Waals surface area contributed by atoms with Crippen molar-refractivity contribution in [2.45, 2.75) is 25.5 Å². The zero-order valence-corrected chi connectivity index (χ0v) is 15.8. The zero-order valence-electron chi connectivity index (χ0n) is 15.1. The number of aromatic nitrogens is 2. The minimum Gasteiger partial charge on any atom is -0.503 e. The molecule has 0 radical (unpaired) electrons. The smallest absolute Gasteiger partial charge is 0.176 e. The first-order valence-corrected chi connectivity index (χ1v) is 9.34. The number of rotatable bonds is 5. The van der Waals surface area contributed by atoms with Crippen LogP contribution < -0.4 is 4.74 Å². The Morgan fingerprint density at radius 3 is 2.78 bits per heavy atom. The lowest BCUT2D eigenvalue weighted by molar-refractivity contribution is 0.0973. The normalized spacial score (nSPS) is 16.6. The molecule has 0 unspecified atom stereocenters. The predicted octanol–water partition coefficient (Wildman–Crippen LogP) is 4.76. The van der Waals surface area contributed by atoms with E-state index in [1.54, 1.807) is 12.1 Å². The second-order valence-corrected chi connectivity index (χ2v) is 7.01. The lowest BCUT2D eigenvalue weighted by atomic mass is 10.0. The molecule has 1 aliphatic heterocycles. The van der Waals surface area contributed by atoms with E-state index in [1.165, 1.54) is 7.11 Å². The summed E-state index contributed by atoms with van der Waals surface area (Å²) >= 11 is 6.25. The second kappa shape index (κ2) is 7.62. The molecule has 1 fully saturated rings. The summed E-state index contributed by atoms with van der Waals surface area (Å²) in [4.78, 5) is 4.67. The molecule has 1 atom stereocenters. The highest BCUT2D eigenvalue weighted by molar-refractivity contribution is 6.32. The van der Waals surface area contributed by atoms with Crippen molar-refractivity contribution < 1.29 is 14.6 Å². The highest BCUT2D eigenvalue weighted by atomic mass is 35.5. The fourth-order valence-electron chi connectivity index (χ4n) is 3.50. The molecule has 6 heteroatoms. The summed E-state index contributed by atoms with van der Waals surface area (Å²) in [6, 6.07) is 13.5. The molecule has 1 N–H and O–H groups in total. The lowest BCUT2D eigenvalue weighted by Crippen LogP contribution is -2.15. The van der Waals surface area contributed by atoms with Crippen molar-refractivity contribution in [3.05, 3.63) is 53.8 Å². The van der Waals surface area contributed by atoms with Crippen LogP contribution in [-0.4, -0.2) is 34.5 Å². The van der Waals surface area contributed by atoms with Crippen LogP contribution in [0.15, 0.2) is 48.8 Å². The van der Waals surface area contributed by atoms with Gasteiger partial charge in [-0.2, -0.15) is 0 Å². The second-order valence-electron chi connectivity index (χ2n) is 6.60. The zero-order chi connectivity index (χ0) is 18.8. The van der Waals surface area contributed by atoms with Crippen molar-refractivity contribution in [2.24, 2.45) is 0 Å². The maximum atomic E-state index is 10.1. The number of imidazole rings is 1. The van der Waals surface area contributed by atoms with Crippen molar-refractivity contribution in [3.63, 3.8) is 0 Å². The van der Waals surface area contributed by atoms with E-state index in [9.17, 15) is 5.11 Å². The Balaban J connectivity index is 1.85. The first-order chi connectivity index (χ1) is 13.2. The molecule has 140 valence electrons. The minimum absolute atomic E-state index is 0.0608. The number of nitrogens with zero attached hydrogens (tertiary/aromatic N) is 2. The van der Waals surface area contributed by atoms with Crippen LogP contribution in [0, 0.1) is 0 Å². The molecule has 2 aromatic carbocycles. The minimum atomic E-state index is -0.0608. The molecule has 1 aromatic heterocycles. The van der Waals surface area contributed by atoms with Gasteiger partial charge in [0.05, 0.1) is 42.5 Å². The van der Waals surface area contributed by atoms with Crippen molar-refractivity contribution in [1.29, 1.82) is 0 Å². The summed E-state index contributed by atoms with van der Waals surface area (Å²) in [5, 5.41) is 10.3. The highest BCUT2D eigenvalue weighted by Crippen LogP contribution is 2.41. The van der Waals surface area contributed by atoms with Gasteiger partial charge in [-0.05, 0) is 25.0 Å². The van der Waals surface area contributed by atoms with Gasteiger partial charge in [0.15, 0.2) is 11.5 Å². The summed E-state index contributed by atoms with van der Waals surface area (Å²) in [5.74, 6) is 0.274.